The van der Waals surface area contributed by atoms with Crippen molar-refractivity contribution in [1.29, 1.82) is 0 Å². The smallest absolute Gasteiger partial charge is 0.325 e. The van der Waals surface area contributed by atoms with E-state index in [1.165, 1.54) is 6.92 Å². The minimum absolute atomic E-state index is 0.0864. The Hall–Kier alpha value is -1.59. The fourth-order valence-corrected chi connectivity index (χ4v) is 1.18. The summed E-state index contributed by atoms with van der Waals surface area (Å²) in [6.07, 6.45) is 0.840. The normalized spacial score (nSPS) is 12.0. The molecule has 0 aromatic heterocycles. The van der Waals surface area contributed by atoms with Crippen LogP contribution in [0.5, 0.6) is 0 Å². The number of carboxylic acids is 1. The van der Waals surface area contributed by atoms with Gasteiger partial charge in [0.1, 0.15) is 6.04 Å². The van der Waals surface area contributed by atoms with Crippen LogP contribution in [-0.4, -0.2) is 35.0 Å². The number of carbonyl (C=O) groups excluding carboxylic acids is 2. The molecular weight excluding hydrogens is 224 g/mol. The van der Waals surface area contributed by atoms with Gasteiger partial charge in [-0.1, -0.05) is 0 Å². The number of carboxylic acid groups (broad SMARTS) is 1. The fourth-order valence-electron chi connectivity index (χ4n) is 1.18. The van der Waals surface area contributed by atoms with E-state index in [4.69, 9.17) is 5.11 Å². The third-order valence-electron chi connectivity index (χ3n) is 2.01. The van der Waals surface area contributed by atoms with Crippen molar-refractivity contribution in [2.24, 2.45) is 0 Å². The Labute approximate surface area is 101 Å². The topological polar surface area (TPSA) is 95.5 Å². The van der Waals surface area contributed by atoms with Gasteiger partial charge in [0.15, 0.2) is 0 Å². The predicted octanol–water partition coefficient (Wildman–Crippen LogP) is 0.271. The Balaban J connectivity index is 3.71. The van der Waals surface area contributed by atoms with Gasteiger partial charge in [-0.05, 0) is 27.2 Å². The summed E-state index contributed by atoms with van der Waals surface area (Å²) in [4.78, 5) is 32.9. The molecule has 0 bridgehead atoms. The average Bonchev–Trinajstić information content (AvgIpc) is 2.15. The van der Waals surface area contributed by atoms with Crippen molar-refractivity contribution in [2.75, 3.05) is 0 Å². The predicted molar refractivity (Wildman–Crippen MR) is 62.4 cm³/mol. The highest BCUT2D eigenvalue weighted by molar-refractivity contribution is 5.83. The number of hydrogen-bond donors (Lipinski definition) is 3. The SMILES string of the molecule is CC(C)NC(=O)CCCC(=O)N[C@@H](C)C(=O)O. The number of nitrogens with one attached hydrogen (secondary N) is 2. The quantitative estimate of drug-likeness (QED) is 0.599. The molecular formula is C11H20N2O4. The lowest BCUT2D eigenvalue weighted by molar-refractivity contribution is -0.141. The van der Waals surface area contributed by atoms with Gasteiger partial charge in [0.25, 0.3) is 0 Å². The molecule has 0 heterocycles. The van der Waals surface area contributed by atoms with Crippen molar-refractivity contribution in [3.8, 4) is 0 Å². The molecule has 2 amide bonds. The molecule has 98 valence electrons. The standard InChI is InChI=1S/C11H20N2O4/c1-7(2)12-9(14)5-4-6-10(15)13-8(3)11(16)17/h7-8H,4-6H2,1-3H3,(H,12,14)(H,13,15)(H,16,17)/t8-/m0/s1. The highest BCUT2D eigenvalue weighted by Gasteiger charge is 2.13. The minimum atomic E-state index is -1.07. The van der Waals surface area contributed by atoms with Crippen LogP contribution in [0.2, 0.25) is 0 Å². The summed E-state index contributed by atoms with van der Waals surface area (Å²) in [5.74, 6) is -1.52. The molecule has 0 saturated carbocycles. The van der Waals surface area contributed by atoms with Gasteiger partial charge in [-0.25, -0.2) is 0 Å². The molecule has 1 atom stereocenters. The first-order valence-electron chi connectivity index (χ1n) is 5.64. The number of amides is 2. The van der Waals surface area contributed by atoms with Gasteiger partial charge < -0.3 is 15.7 Å². The summed E-state index contributed by atoms with van der Waals surface area (Å²) in [6.45, 7) is 5.12. The zero-order valence-corrected chi connectivity index (χ0v) is 10.4. The van der Waals surface area contributed by atoms with Crippen LogP contribution < -0.4 is 10.6 Å². The molecule has 17 heavy (non-hydrogen) atoms. The number of rotatable bonds is 7. The van der Waals surface area contributed by atoms with Crippen LogP contribution in [0.4, 0.5) is 0 Å². The van der Waals surface area contributed by atoms with E-state index in [1.54, 1.807) is 0 Å². The summed E-state index contributed by atoms with van der Waals surface area (Å²) in [5.41, 5.74) is 0. The van der Waals surface area contributed by atoms with Gasteiger partial charge in [-0.15, -0.1) is 0 Å². The van der Waals surface area contributed by atoms with Gasteiger partial charge >= 0.3 is 5.97 Å². The van der Waals surface area contributed by atoms with E-state index in [2.05, 4.69) is 10.6 Å². The lowest BCUT2D eigenvalue weighted by atomic mass is 10.2. The number of aliphatic carboxylic acids is 1. The first-order valence-corrected chi connectivity index (χ1v) is 5.64. The highest BCUT2D eigenvalue weighted by atomic mass is 16.4. The van der Waals surface area contributed by atoms with E-state index in [0.717, 1.165) is 0 Å². The Kier molecular flexibility index (Phi) is 6.93. The second-order valence-electron chi connectivity index (χ2n) is 4.20. The van der Waals surface area contributed by atoms with Crippen molar-refractivity contribution in [3.63, 3.8) is 0 Å². The average molecular weight is 244 g/mol. The molecule has 0 aliphatic heterocycles. The van der Waals surface area contributed by atoms with E-state index >= 15 is 0 Å². The molecule has 0 saturated heterocycles. The summed E-state index contributed by atoms with van der Waals surface area (Å²) >= 11 is 0. The van der Waals surface area contributed by atoms with Crippen LogP contribution in [0.1, 0.15) is 40.0 Å². The monoisotopic (exact) mass is 244 g/mol. The van der Waals surface area contributed by atoms with Gasteiger partial charge in [-0.3, -0.25) is 14.4 Å². The maximum absolute atomic E-state index is 11.3. The third-order valence-corrected chi connectivity index (χ3v) is 2.01. The Morgan fingerprint density at radius 2 is 1.47 bits per heavy atom. The molecule has 0 aliphatic rings. The van der Waals surface area contributed by atoms with E-state index in [9.17, 15) is 14.4 Å². The molecule has 0 rings (SSSR count). The van der Waals surface area contributed by atoms with Crippen molar-refractivity contribution in [1.82, 2.24) is 10.6 Å². The van der Waals surface area contributed by atoms with Crippen LogP contribution in [0.3, 0.4) is 0 Å². The van der Waals surface area contributed by atoms with Crippen molar-refractivity contribution < 1.29 is 19.5 Å². The second kappa shape index (κ2) is 7.65. The van der Waals surface area contributed by atoms with E-state index in [-0.39, 0.29) is 30.7 Å². The van der Waals surface area contributed by atoms with Crippen LogP contribution in [0.25, 0.3) is 0 Å². The lowest BCUT2D eigenvalue weighted by Crippen LogP contribution is -2.38. The molecule has 0 aromatic carbocycles. The Morgan fingerprint density at radius 3 is 1.88 bits per heavy atom. The van der Waals surface area contributed by atoms with Crippen LogP contribution in [0, 0.1) is 0 Å². The van der Waals surface area contributed by atoms with Crippen molar-refractivity contribution in [2.45, 2.75) is 52.1 Å². The van der Waals surface area contributed by atoms with Crippen LogP contribution in [-0.2, 0) is 14.4 Å². The van der Waals surface area contributed by atoms with Crippen LogP contribution in [0.15, 0.2) is 0 Å². The zero-order valence-electron chi connectivity index (χ0n) is 10.4. The summed E-state index contributed by atoms with van der Waals surface area (Å²) in [6, 6.07) is -0.810. The minimum Gasteiger partial charge on any atom is -0.480 e. The summed E-state index contributed by atoms with van der Waals surface area (Å²) in [5, 5.41) is 13.6. The first kappa shape index (κ1) is 15.4. The molecule has 6 nitrogen and oxygen atoms in total. The Bertz CT molecular complexity index is 289. The molecule has 6 heteroatoms. The van der Waals surface area contributed by atoms with E-state index in [0.29, 0.717) is 6.42 Å². The van der Waals surface area contributed by atoms with Gasteiger partial charge in [-0.2, -0.15) is 0 Å². The molecule has 0 aliphatic carbocycles. The summed E-state index contributed by atoms with van der Waals surface area (Å²) in [7, 11) is 0. The second-order valence-corrected chi connectivity index (χ2v) is 4.20. The Morgan fingerprint density at radius 1 is 1.00 bits per heavy atom. The van der Waals surface area contributed by atoms with Crippen molar-refractivity contribution in [3.05, 3.63) is 0 Å². The molecule has 0 fully saturated rings. The molecule has 0 aromatic rings. The first-order chi connectivity index (χ1) is 7.82. The summed E-state index contributed by atoms with van der Waals surface area (Å²) < 4.78 is 0. The van der Waals surface area contributed by atoms with Gasteiger partial charge in [0.2, 0.25) is 11.8 Å². The lowest BCUT2D eigenvalue weighted by Gasteiger charge is -2.10. The molecule has 0 unspecified atom stereocenters. The molecule has 3 N–H and O–H groups in total. The maximum atomic E-state index is 11.3. The molecule has 0 spiro atoms. The largest absolute Gasteiger partial charge is 0.480 e. The van der Waals surface area contributed by atoms with Crippen LogP contribution >= 0.6 is 0 Å². The number of carbonyl (C=O) groups is 3. The fraction of sp³-hybridized carbons (Fsp3) is 0.727. The maximum Gasteiger partial charge on any atom is 0.325 e. The van der Waals surface area contributed by atoms with Gasteiger partial charge in [0, 0.05) is 18.9 Å². The number of hydrogen-bond acceptors (Lipinski definition) is 3. The third kappa shape index (κ3) is 8.24. The van der Waals surface area contributed by atoms with Gasteiger partial charge in [0.05, 0.1) is 0 Å². The van der Waals surface area contributed by atoms with E-state index in [1.807, 2.05) is 13.8 Å². The van der Waals surface area contributed by atoms with E-state index < -0.39 is 12.0 Å². The van der Waals surface area contributed by atoms with Crippen molar-refractivity contribution >= 4 is 17.8 Å². The molecule has 0 radical (unpaired) electrons. The highest BCUT2D eigenvalue weighted by Crippen LogP contribution is 1.97. The zero-order chi connectivity index (χ0) is 13.4.